The normalized spacial score (nSPS) is 13.3. The standard InChI is InChI=1S/C17H23F3O5S/c1-3-13(2)7-5-4-6-12-24-16(21)14-8-10-15(11-9-14)25-26(22,23)17(18,19)20/h8-11,13H,3-7,12H2,1-2H3. The lowest BCUT2D eigenvalue weighted by Gasteiger charge is -2.10. The Labute approximate surface area is 151 Å². The first-order chi connectivity index (χ1) is 12.1. The number of benzene rings is 1. The van der Waals surface area contributed by atoms with Gasteiger partial charge in [0.25, 0.3) is 0 Å². The van der Waals surface area contributed by atoms with Gasteiger partial charge in [0.15, 0.2) is 0 Å². The van der Waals surface area contributed by atoms with Crippen molar-refractivity contribution < 1.29 is 35.3 Å². The fraction of sp³-hybridized carbons (Fsp3) is 0.588. The zero-order chi connectivity index (χ0) is 19.8. The van der Waals surface area contributed by atoms with E-state index in [1.807, 2.05) is 0 Å². The third kappa shape index (κ3) is 7.23. The van der Waals surface area contributed by atoms with Gasteiger partial charge in [0.1, 0.15) is 5.75 Å². The van der Waals surface area contributed by atoms with Crippen LogP contribution in [0, 0.1) is 5.92 Å². The highest BCUT2D eigenvalue weighted by molar-refractivity contribution is 7.88. The maximum absolute atomic E-state index is 12.2. The summed E-state index contributed by atoms with van der Waals surface area (Å²) in [6.07, 6.45) is 5.00. The first-order valence-electron chi connectivity index (χ1n) is 8.34. The average molecular weight is 396 g/mol. The molecule has 5 nitrogen and oxygen atoms in total. The lowest BCUT2D eigenvalue weighted by atomic mass is 10.0. The molecule has 1 aromatic carbocycles. The molecule has 0 fully saturated rings. The van der Waals surface area contributed by atoms with Gasteiger partial charge >= 0.3 is 21.6 Å². The molecule has 0 heterocycles. The lowest BCUT2D eigenvalue weighted by Crippen LogP contribution is -2.28. The maximum atomic E-state index is 12.2. The van der Waals surface area contributed by atoms with E-state index in [9.17, 15) is 26.4 Å². The summed E-state index contributed by atoms with van der Waals surface area (Å²) in [7, 11) is -5.73. The molecule has 0 saturated heterocycles. The molecule has 1 rings (SSSR count). The average Bonchev–Trinajstić information content (AvgIpc) is 2.56. The van der Waals surface area contributed by atoms with Crippen molar-refractivity contribution >= 4 is 16.1 Å². The minimum absolute atomic E-state index is 0.0985. The third-order valence-corrected chi connectivity index (χ3v) is 4.83. The van der Waals surface area contributed by atoms with Gasteiger partial charge in [0, 0.05) is 0 Å². The molecule has 9 heteroatoms. The molecule has 1 atom stereocenters. The monoisotopic (exact) mass is 396 g/mol. The van der Waals surface area contributed by atoms with Crippen molar-refractivity contribution in [1.29, 1.82) is 0 Å². The van der Waals surface area contributed by atoms with E-state index >= 15 is 0 Å². The van der Waals surface area contributed by atoms with Crippen LogP contribution < -0.4 is 4.18 Å². The van der Waals surface area contributed by atoms with Crippen LogP contribution in [-0.2, 0) is 14.9 Å². The van der Waals surface area contributed by atoms with E-state index in [4.69, 9.17) is 4.74 Å². The van der Waals surface area contributed by atoms with Crippen LogP contribution >= 0.6 is 0 Å². The van der Waals surface area contributed by atoms with Crippen LogP contribution in [-0.4, -0.2) is 26.5 Å². The smallest absolute Gasteiger partial charge is 0.462 e. The summed E-state index contributed by atoms with van der Waals surface area (Å²) in [5, 5.41) is 0. The van der Waals surface area contributed by atoms with Crippen molar-refractivity contribution in [3.05, 3.63) is 29.8 Å². The second-order valence-corrected chi connectivity index (χ2v) is 7.54. The summed E-state index contributed by atoms with van der Waals surface area (Å²) in [5.74, 6) is -0.486. The van der Waals surface area contributed by atoms with Crippen molar-refractivity contribution in [1.82, 2.24) is 0 Å². The molecule has 0 spiro atoms. The zero-order valence-electron chi connectivity index (χ0n) is 14.7. The molecule has 1 aromatic rings. The molecule has 0 aliphatic heterocycles. The quantitative estimate of drug-likeness (QED) is 0.249. The Hall–Kier alpha value is -1.77. The van der Waals surface area contributed by atoms with Gasteiger partial charge in [-0.15, -0.1) is 0 Å². The number of carbonyl (C=O) groups is 1. The fourth-order valence-electron chi connectivity index (χ4n) is 2.04. The van der Waals surface area contributed by atoms with E-state index in [-0.39, 0.29) is 12.2 Å². The van der Waals surface area contributed by atoms with Crippen molar-refractivity contribution in [2.45, 2.75) is 51.5 Å². The number of unbranched alkanes of at least 4 members (excludes halogenated alkanes) is 2. The van der Waals surface area contributed by atoms with Gasteiger partial charge < -0.3 is 8.92 Å². The first kappa shape index (κ1) is 22.3. The summed E-state index contributed by atoms with van der Waals surface area (Å²) >= 11 is 0. The largest absolute Gasteiger partial charge is 0.534 e. The number of alkyl halides is 3. The second kappa shape index (κ2) is 9.80. The highest BCUT2D eigenvalue weighted by Gasteiger charge is 2.48. The third-order valence-electron chi connectivity index (χ3n) is 3.85. The summed E-state index contributed by atoms with van der Waals surface area (Å²) in [5.41, 5.74) is -5.42. The Bertz CT molecular complexity index is 669. The molecular formula is C17H23F3O5S. The van der Waals surface area contributed by atoms with E-state index in [2.05, 4.69) is 18.0 Å². The Morgan fingerprint density at radius 1 is 1.12 bits per heavy atom. The summed E-state index contributed by atoms with van der Waals surface area (Å²) in [6, 6.07) is 4.22. The van der Waals surface area contributed by atoms with Gasteiger partial charge in [-0.2, -0.15) is 21.6 Å². The van der Waals surface area contributed by atoms with Crippen LogP contribution in [0.1, 0.15) is 56.3 Å². The van der Waals surface area contributed by atoms with E-state index in [1.165, 1.54) is 0 Å². The highest BCUT2D eigenvalue weighted by atomic mass is 32.2. The van der Waals surface area contributed by atoms with Gasteiger partial charge in [-0.25, -0.2) is 4.79 Å². The Balaban J connectivity index is 2.42. The molecule has 0 N–H and O–H groups in total. The van der Waals surface area contributed by atoms with Gasteiger partial charge in [-0.05, 0) is 36.6 Å². The van der Waals surface area contributed by atoms with Crippen molar-refractivity contribution in [2.24, 2.45) is 5.92 Å². The Kier molecular flexibility index (Phi) is 8.39. The van der Waals surface area contributed by atoms with Crippen LogP contribution in [0.3, 0.4) is 0 Å². The van der Waals surface area contributed by atoms with Crippen molar-refractivity contribution in [2.75, 3.05) is 6.61 Å². The molecular weight excluding hydrogens is 373 g/mol. The number of halogens is 3. The van der Waals surface area contributed by atoms with Gasteiger partial charge in [0.05, 0.1) is 12.2 Å². The molecule has 0 amide bonds. The van der Waals surface area contributed by atoms with Crippen molar-refractivity contribution in [3.8, 4) is 5.75 Å². The molecule has 26 heavy (non-hydrogen) atoms. The molecule has 0 saturated carbocycles. The van der Waals surface area contributed by atoms with E-state index in [1.54, 1.807) is 0 Å². The van der Waals surface area contributed by atoms with Gasteiger partial charge in [0.2, 0.25) is 0 Å². The molecule has 148 valence electrons. The van der Waals surface area contributed by atoms with Crippen LogP contribution in [0.15, 0.2) is 24.3 Å². The van der Waals surface area contributed by atoms with E-state index < -0.39 is 27.3 Å². The van der Waals surface area contributed by atoms with E-state index in [0.29, 0.717) is 5.92 Å². The lowest BCUT2D eigenvalue weighted by molar-refractivity contribution is -0.0500. The zero-order valence-corrected chi connectivity index (χ0v) is 15.5. The number of hydrogen-bond donors (Lipinski definition) is 0. The number of ether oxygens (including phenoxy) is 1. The minimum atomic E-state index is -5.73. The summed E-state index contributed by atoms with van der Waals surface area (Å²) in [6.45, 7) is 4.58. The predicted octanol–water partition coefficient (Wildman–Crippen LogP) is 4.68. The van der Waals surface area contributed by atoms with Crippen LogP contribution in [0.25, 0.3) is 0 Å². The molecule has 1 unspecified atom stereocenters. The SMILES string of the molecule is CCC(C)CCCCCOC(=O)c1ccc(OS(=O)(=O)C(F)(F)F)cc1. The minimum Gasteiger partial charge on any atom is -0.462 e. The van der Waals surface area contributed by atoms with E-state index in [0.717, 1.165) is 56.4 Å². The topological polar surface area (TPSA) is 69.7 Å². The van der Waals surface area contributed by atoms with Crippen LogP contribution in [0.4, 0.5) is 13.2 Å². The summed E-state index contributed by atoms with van der Waals surface area (Å²) in [4.78, 5) is 11.8. The molecule has 0 aliphatic carbocycles. The van der Waals surface area contributed by atoms with Crippen LogP contribution in [0.2, 0.25) is 0 Å². The molecule has 0 aromatic heterocycles. The van der Waals surface area contributed by atoms with Gasteiger partial charge in [-0.3, -0.25) is 0 Å². The number of carbonyl (C=O) groups excluding carboxylic acids is 1. The molecule has 0 bridgehead atoms. The van der Waals surface area contributed by atoms with Crippen LogP contribution in [0.5, 0.6) is 5.75 Å². The number of rotatable bonds is 10. The predicted molar refractivity (Wildman–Crippen MR) is 90.3 cm³/mol. The number of hydrogen-bond acceptors (Lipinski definition) is 5. The highest BCUT2D eigenvalue weighted by Crippen LogP contribution is 2.27. The van der Waals surface area contributed by atoms with Crippen molar-refractivity contribution in [3.63, 3.8) is 0 Å². The maximum Gasteiger partial charge on any atom is 0.534 e. The summed E-state index contributed by atoms with van der Waals surface area (Å²) < 4.78 is 67.5. The number of esters is 1. The van der Waals surface area contributed by atoms with Gasteiger partial charge in [-0.1, -0.05) is 39.5 Å². The Morgan fingerprint density at radius 2 is 1.73 bits per heavy atom. The fourth-order valence-corrected chi connectivity index (χ4v) is 2.50. The first-order valence-corrected chi connectivity index (χ1v) is 9.75. The second-order valence-electron chi connectivity index (χ2n) is 6.01. The molecule has 0 radical (unpaired) electrons. The molecule has 0 aliphatic rings. The Morgan fingerprint density at radius 3 is 2.27 bits per heavy atom.